The number of hydrogen-bond acceptors (Lipinski definition) is 5. The number of imidazole rings is 1. The normalized spacial score (nSPS) is 29.4. The lowest BCUT2D eigenvalue weighted by molar-refractivity contribution is -0.0507. The Kier molecular flexibility index (Phi) is 4.04. The minimum Gasteiger partial charge on any atom is -0.394 e. The lowest BCUT2D eigenvalue weighted by Crippen LogP contribution is -2.33. The SMILES string of the molecule is OC[C@H]1OC(n2c(Cl)nc3c(Cl)cc(Cl)cc32)[C@H](O)[C@@H]1O. The third kappa shape index (κ3) is 2.41. The van der Waals surface area contributed by atoms with Crippen molar-refractivity contribution in [1.29, 1.82) is 0 Å². The van der Waals surface area contributed by atoms with Crippen LogP contribution in [0, 0.1) is 0 Å². The highest BCUT2D eigenvalue weighted by atomic mass is 35.5. The molecular weight excluding hydrogens is 343 g/mol. The lowest BCUT2D eigenvalue weighted by atomic mass is 10.1. The monoisotopic (exact) mass is 352 g/mol. The van der Waals surface area contributed by atoms with E-state index in [9.17, 15) is 10.2 Å². The Bertz CT molecular complexity index is 693. The standard InChI is InChI=1S/C12H11Cl3N2O4/c13-4-1-5(14)8-6(2-4)17(12(15)16-8)11-10(20)9(19)7(3-18)21-11/h1-2,7,9-11,18-20H,3H2/t7-,9-,10-,11?/m1/s1. The van der Waals surface area contributed by atoms with Crippen molar-refractivity contribution in [2.75, 3.05) is 6.61 Å². The predicted molar refractivity (Wildman–Crippen MR) is 77.8 cm³/mol. The van der Waals surface area contributed by atoms with E-state index in [2.05, 4.69) is 4.98 Å². The summed E-state index contributed by atoms with van der Waals surface area (Å²) in [6, 6.07) is 3.10. The molecule has 114 valence electrons. The van der Waals surface area contributed by atoms with Gasteiger partial charge in [-0.3, -0.25) is 4.57 Å². The second kappa shape index (κ2) is 5.55. The summed E-state index contributed by atoms with van der Waals surface area (Å²) in [5.74, 6) is 0. The number of ether oxygens (including phenoxy) is 1. The third-order valence-electron chi connectivity index (χ3n) is 3.44. The summed E-state index contributed by atoms with van der Waals surface area (Å²) in [4.78, 5) is 4.11. The van der Waals surface area contributed by atoms with Gasteiger partial charge in [0.1, 0.15) is 23.8 Å². The van der Waals surface area contributed by atoms with Crippen molar-refractivity contribution in [1.82, 2.24) is 9.55 Å². The highest BCUT2D eigenvalue weighted by Gasteiger charge is 2.44. The van der Waals surface area contributed by atoms with E-state index in [0.717, 1.165) is 0 Å². The Morgan fingerprint density at radius 1 is 1.19 bits per heavy atom. The van der Waals surface area contributed by atoms with Gasteiger partial charge in [-0.2, -0.15) is 0 Å². The number of rotatable bonds is 2. The second-order valence-electron chi connectivity index (χ2n) is 4.74. The average Bonchev–Trinajstić information content (AvgIpc) is 2.89. The summed E-state index contributed by atoms with van der Waals surface area (Å²) in [5, 5.41) is 29.8. The number of aliphatic hydroxyl groups excluding tert-OH is 3. The van der Waals surface area contributed by atoms with Crippen LogP contribution < -0.4 is 0 Å². The van der Waals surface area contributed by atoms with Gasteiger partial charge in [0.15, 0.2) is 6.23 Å². The molecule has 1 aromatic heterocycles. The van der Waals surface area contributed by atoms with E-state index in [0.29, 0.717) is 21.1 Å². The van der Waals surface area contributed by atoms with Crippen molar-refractivity contribution in [3.05, 3.63) is 27.5 Å². The topological polar surface area (TPSA) is 87.7 Å². The highest BCUT2D eigenvalue weighted by Crippen LogP contribution is 2.37. The Hall–Kier alpha value is -0.600. The Labute approximate surface area is 134 Å². The number of halogens is 3. The minimum atomic E-state index is -1.27. The van der Waals surface area contributed by atoms with Crippen LogP contribution in [0.15, 0.2) is 12.1 Å². The molecule has 1 fully saturated rings. The van der Waals surface area contributed by atoms with Gasteiger partial charge in [-0.15, -0.1) is 0 Å². The summed E-state index contributed by atoms with van der Waals surface area (Å²) < 4.78 is 6.84. The van der Waals surface area contributed by atoms with Crippen molar-refractivity contribution in [2.45, 2.75) is 24.5 Å². The molecule has 2 heterocycles. The van der Waals surface area contributed by atoms with Crippen LogP contribution >= 0.6 is 34.8 Å². The molecule has 1 aromatic carbocycles. The van der Waals surface area contributed by atoms with Gasteiger partial charge in [0.05, 0.1) is 17.1 Å². The summed E-state index contributed by atoms with van der Waals surface area (Å²) in [6.07, 6.45) is -4.41. The molecule has 0 bridgehead atoms. The van der Waals surface area contributed by atoms with Crippen LogP contribution in [0.1, 0.15) is 6.23 Å². The molecule has 0 saturated carbocycles. The molecule has 1 saturated heterocycles. The van der Waals surface area contributed by atoms with Crippen molar-refractivity contribution >= 4 is 45.8 Å². The van der Waals surface area contributed by atoms with Gasteiger partial charge < -0.3 is 20.1 Å². The first-order valence-corrected chi connectivity index (χ1v) is 7.22. The van der Waals surface area contributed by atoms with Crippen LogP contribution in [-0.4, -0.2) is 49.8 Å². The van der Waals surface area contributed by atoms with Crippen LogP contribution in [0.2, 0.25) is 15.3 Å². The largest absolute Gasteiger partial charge is 0.394 e. The molecular formula is C12H11Cl3N2O4. The molecule has 9 heteroatoms. The fourth-order valence-electron chi connectivity index (χ4n) is 2.43. The second-order valence-corrected chi connectivity index (χ2v) is 5.92. The number of nitrogens with zero attached hydrogens (tertiary/aromatic N) is 2. The van der Waals surface area contributed by atoms with E-state index in [1.54, 1.807) is 6.07 Å². The molecule has 1 aliphatic heterocycles. The van der Waals surface area contributed by atoms with E-state index in [4.69, 9.17) is 44.6 Å². The maximum Gasteiger partial charge on any atom is 0.206 e. The zero-order chi connectivity index (χ0) is 15.3. The Morgan fingerprint density at radius 3 is 2.52 bits per heavy atom. The maximum atomic E-state index is 10.1. The van der Waals surface area contributed by atoms with Gasteiger partial charge in [0.25, 0.3) is 0 Å². The fourth-order valence-corrected chi connectivity index (χ4v) is 3.22. The van der Waals surface area contributed by atoms with Crippen LogP contribution in [0.3, 0.4) is 0 Å². The lowest BCUT2D eigenvalue weighted by Gasteiger charge is -2.18. The molecule has 0 radical (unpaired) electrons. The molecule has 1 aliphatic rings. The molecule has 3 N–H and O–H groups in total. The molecule has 2 aromatic rings. The summed E-state index contributed by atoms with van der Waals surface area (Å²) in [7, 11) is 0. The third-order valence-corrected chi connectivity index (χ3v) is 4.22. The van der Waals surface area contributed by atoms with Crippen molar-refractivity contribution in [3.8, 4) is 0 Å². The van der Waals surface area contributed by atoms with Crippen molar-refractivity contribution in [3.63, 3.8) is 0 Å². The van der Waals surface area contributed by atoms with Gasteiger partial charge >= 0.3 is 0 Å². The van der Waals surface area contributed by atoms with Crippen molar-refractivity contribution in [2.24, 2.45) is 0 Å². The van der Waals surface area contributed by atoms with E-state index >= 15 is 0 Å². The molecule has 4 atom stereocenters. The number of aromatic nitrogens is 2. The first-order chi connectivity index (χ1) is 9.93. The summed E-state index contributed by atoms with van der Waals surface area (Å²) in [5.41, 5.74) is 0.871. The molecule has 1 unspecified atom stereocenters. The molecule has 6 nitrogen and oxygen atoms in total. The molecule has 0 aliphatic carbocycles. The smallest absolute Gasteiger partial charge is 0.206 e. The first kappa shape index (κ1) is 15.3. The van der Waals surface area contributed by atoms with Gasteiger partial charge in [0.2, 0.25) is 5.28 Å². The fraction of sp³-hybridized carbons (Fsp3) is 0.417. The maximum absolute atomic E-state index is 10.1. The predicted octanol–water partition coefficient (Wildman–Crippen LogP) is 1.61. The van der Waals surface area contributed by atoms with Crippen LogP contribution in [0.4, 0.5) is 0 Å². The van der Waals surface area contributed by atoms with E-state index in [-0.39, 0.29) is 5.28 Å². The van der Waals surface area contributed by atoms with E-state index in [1.165, 1.54) is 10.6 Å². The molecule has 0 amide bonds. The Morgan fingerprint density at radius 2 is 1.90 bits per heavy atom. The van der Waals surface area contributed by atoms with Crippen LogP contribution in [0.5, 0.6) is 0 Å². The number of fused-ring (bicyclic) bond motifs is 1. The quantitative estimate of drug-likeness (QED) is 0.763. The van der Waals surface area contributed by atoms with Gasteiger partial charge in [-0.25, -0.2) is 4.98 Å². The summed E-state index contributed by atoms with van der Waals surface area (Å²) in [6.45, 7) is -0.430. The molecule has 3 rings (SSSR count). The highest BCUT2D eigenvalue weighted by molar-refractivity contribution is 6.38. The van der Waals surface area contributed by atoms with Gasteiger partial charge in [0, 0.05) is 5.02 Å². The minimum absolute atomic E-state index is 0.0315. The zero-order valence-electron chi connectivity index (χ0n) is 10.4. The molecule has 21 heavy (non-hydrogen) atoms. The van der Waals surface area contributed by atoms with Crippen molar-refractivity contribution < 1.29 is 20.1 Å². The zero-order valence-corrected chi connectivity index (χ0v) is 12.7. The number of benzene rings is 1. The van der Waals surface area contributed by atoms with Gasteiger partial charge in [-0.05, 0) is 23.7 Å². The van der Waals surface area contributed by atoms with Crippen LogP contribution in [0.25, 0.3) is 11.0 Å². The van der Waals surface area contributed by atoms with E-state index < -0.39 is 31.1 Å². The average molecular weight is 354 g/mol. The number of aliphatic hydroxyl groups is 3. The van der Waals surface area contributed by atoms with Gasteiger partial charge in [-0.1, -0.05) is 23.2 Å². The first-order valence-electron chi connectivity index (χ1n) is 6.09. The summed E-state index contributed by atoms with van der Waals surface area (Å²) >= 11 is 18.1. The Balaban J connectivity index is 2.15. The van der Waals surface area contributed by atoms with Crippen LogP contribution in [-0.2, 0) is 4.74 Å². The number of hydrogen-bond donors (Lipinski definition) is 3. The molecule has 0 spiro atoms. The van der Waals surface area contributed by atoms with E-state index in [1.807, 2.05) is 0 Å².